The van der Waals surface area contributed by atoms with Gasteiger partial charge in [0.25, 0.3) is 0 Å². The van der Waals surface area contributed by atoms with Gasteiger partial charge < -0.3 is 24.6 Å². The molecule has 9 heteroatoms. The van der Waals surface area contributed by atoms with Gasteiger partial charge in [-0.15, -0.1) is 0 Å². The number of aromatic hydroxyl groups is 1. The number of aromatic nitrogens is 3. The van der Waals surface area contributed by atoms with Crippen LogP contribution < -0.4 is 19.5 Å². The number of fused-ring (bicyclic) bond motifs is 1. The van der Waals surface area contributed by atoms with Crippen molar-refractivity contribution < 1.29 is 24.1 Å². The summed E-state index contributed by atoms with van der Waals surface area (Å²) in [4.78, 5) is 17.9. The van der Waals surface area contributed by atoms with Gasteiger partial charge in [-0.1, -0.05) is 12.1 Å². The molecule has 3 aromatic rings. The van der Waals surface area contributed by atoms with Gasteiger partial charge in [-0.2, -0.15) is 10.1 Å². The van der Waals surface area contributed by atoms with E-state index in [9.17, 15) is 9.90 Å². The highest BCUT2D eigenvalue weighted by molar-refractivity contribution is 6.00. The van der Waals surface area contributed by atoms with Gasteiger partial charge in [0.15, 0.2) is 17.3 Å². The fourth-order valence-corrected chi connectivity index (χ4v) is 4.64. The molecule has 0 amide bonds. The third kappa shape index (κ3) is 3.45. The normalized spacial score (nSPS) is 19.4. The van der Waals surface area contributed by atoms with E-state index in [2.05, 4.69) is 15.4 Å². The summed E-state index contributed by atoms with van der Waals surface area (Å²) in [6.07, 6.45) is 2.48. The van der Waals surface area contributed by atoms with Crippen LogP contribution in [0.15, 0.2) is 54.0 Å². The minimum atomic E-state index is -0.522. The van der Waals surface area contributed by atoms with Crippen molar-refractivity contribution in [2.45, 2.75) is 24.8 Å². The molecule has 9 nitrogen and oxygen atoms in total. The Morgan fingerprint density at radius 2 is 1.70 bits per heavy atom. The summed E-state index contributed by atoms with van der Waals surface area (Å²) in [5.74, 6) is 1.81. The second-order valence-electron chi connectivity index (χ2n) is 8.02. The number of nitrogens with one attached hydrogen (secondary N) is 1. The summed E-state index contributed by atoms with van der Waals surface area (Å²) in [6, 6.07) is 10.7. The van der Waals surface area contributed by atoms with E-state index >= 15 is 0 Å². The van der Waals surface area contributed by atoms with Gasteiger partial charge in [0.2, 0.25) is 11.7 Å². The first-order chi connectivity index (χ1) is 16.0. The van der Waals surface area contributed by atoms with Crippen molar-refractivity contribution >= 4 is 11.7 Å². The Hall–Kier alpha value is -4.01. The van der Waals surface area contributed by atoms with Crippen molar-refractivity contribution in [2.75, 3.05) is 26.6 Å². The van der Waals surface area contributed by atoms with Crippen LogP contribution >= 0.6 is 0 Å². The highest BCUT2D eigenvalue weighted by atomic mass is 16.5. The zero-order valence-corrected chi connectivity index (χ0v) is 18.5. The Labute approximate surface area is 190 Å². The number of rotatable bonds is 5. The summed E-state index contributed by atoms with van der Waals surface area (Å²) in [5.41, 5.74) is 3.24. The first kappa shape index (κ1) is 20.9. The molecule has 2 aliphatic rings. The van der Waals surface area contributed by atoms with Crippen LogP contribution in [-0.2, 0) is 4.79 Å². The summed E-state index contributed by atoms with van der Waals surface area (Å²) < 4.78 is 17.6. The van der Waals surface area contributed by atoms with E-state index < -0.39 is 6.04 Å². The number of hydrogen-bond acceptors (Lipinski definition) is 8. The van der Waals surface area contributed by atoms with E-state index in [1.807, 2.05) is 24.3 Å². The van der Waals surface area contributed by atoms with Crippen molar-refractivity contribution in [3.8, 4) is 23.0 Å². The molecular weight excluding hydrogens is 424 g/mol. The number of anilines is 1. The van der Waals surface area contributed by atoms with Gasteiger partial charge >= 0.3 is 0 Å². The van der Waals surface area contributed by atoms with Crippen LogP contribution in [-0.4, -0.2) is 47.0 Å². The number of nitrogens with zero attached hydrogens (tertiary/aromatic N) is 3. The molecule has 2 heterocycles. The Kier molecular flexibility index (Phi) is 5.16. The molecule has 0 bridgehead atoms. The number of Topliss-reactive ketones (excluding diaryl/α,β-unsaturated/α-hetero) is 1. The standard InChI is InChI=1S/C24H24N4O5/c1-31-16-6-4-13(5-7-16)14-8-17-21(18(29)9-14)22(28-24(27-17)25-12-26-28)15-10-19(32-2)23(30)20(11-15)33-3/h4-7,10-12,14,22,30H,8-9H2,1-3H3,(H,25,26,27)/t14-,22-/m1/s1. The minimum Gasteiger partial charge on any atom is -0.502 e. The van der Waals surface area contributed by atoms with Crippen molar-refractivity contribution in [1.82, 2.24) is 14.8 Å². The molecule has 2 atom stereocenters. The van der Waals surface area contributed by atoms with Gasteiger partial charge in [-0.3, -0.25) is 4.79 Å². The first-order valence-corrected chi connectivity index (χ1v) is 10.6. The van der Waals surface area contributed by atoms with E-state index in [-0.39, 0.29) is 28.9 Å². The quantitative estimate of drug-likeness (QED) is 0.611. The Balaban J connectivity index is 1.59. The molecule has 33 heavy (non-hydrogen) atoms. The van der Waals surface area contributed by atoms with Crippen LogP contribution in [0.2, 0.25) is 0 Å². The average molecular weight is 448 g/mol. The van der Waals surface area contributed by atoms with E-state index in [4.69, 9.17) is 14.2 Å². The molecule has 2 aromatic carbocycles. The molecule has 0 radical (unpaired) electrons. The number of phenolic OH excluding ortho intramolecular Hbond substituents is 1. The topological polar surface area (TPSA) is 108 Å². The zero-order chi connectivity index (χ0) is 23.1. The van der Waals surface area contributed by atoms with Gasteiger partial charge in [-0.05, 0) is 47.7 Å². The van der Waals surface area contributed by atoms with E-state index in [1.54, 1.807) is 23.9 Å². The molecule has 0 unspecified atom stereocenters. The Morgan fingerprint density at radius 1 is 1.00 bits per heavy atom. The van der Waals surface area contributed by atoms with Crippen LogP contribution in [0.25, 0.3) is 0 Å². The molecule has 1 aliphatic carbocycles. The van der Waals surface area contributed by atoms with Crippen molar-refractivity contribution in [2.24, 2.45) is 0 Å². The van der Waals surface area contributed by atoms with Gasteiger partial charge in [0.1, 0.15) is 18.1 Å². The predicted molar refractivity (Wildman–Crippen MR) is 120 cm³/mol. The third-order valence-corrected chi connectivity index (χ3v) is 6.27. The van der Waals surface area contributed by atoms with Crippen LogP contribution in [0.1, 0.15) is 35.9 Å². The lowest BCUT2D eigenvalue weighted by Crippen LogP contribution is -2.33. The predicted octanol–water partition coefficient (Wildman–Crippen LogP) is 3.43. The lowest BCUT2D eigenvalue weighted by molar-refractivity contribution is -0.116. The van der Waals surface area contributed by atoms with Crippen LogP contribution in [0.5, 0.6) is 23.0 Å². The van der Waals surface area contributed by atoms with E-state index in [0.29, 0.717) is 29.9 Å². The van der Waals surface area contributed by atoms with Gasteiger partial charge in [0, 0.05) is 17.7 Å². The Morgan fingerprint density at radius 3 is 2.33 bits per heavy atom. The van der Waals surface area contributed by atoms with Gasteiger partial charge in [-0.25, -0.2) is 4.68 Å². The van der Waals surface area contributed by atoms with Crippen LogP contribution in [0.3, 0.4) is 0 Å². The second-order valence-corrected chi connectivity index (χ2v) is 8.02. The highest BCUT2D eigenvalue weighted by Crippen LogP contribution is 2.47. The molecule has 0 fully saturated rings. The number of allylic oxidation sites excluding steroid dienone is 2. The maximum atomic E-state index is 13.5. The summed E-state index contributed by atoms with van der Waals surface area (Å²) in [7, 11) is 4.57. The molecule has 0 spiro atoms. The molecule has 1 aliphatic heterocycles. The van der Waals surface area contributed by atoms with Crippen molar-refractivity contribution in [3.05, 3.63) is 65.1 Å². The molecular formula is C24H24N4O5. The molecule has 5 rings (SSSR count). The number of ketones is 1. The molecule has 1 aromatic heterocycles. The average Bonchev–Trinajstić information content (AvgIpc) is 3.31. The van der Waals surface area contributed by atoms with Crippen LogP contribution in [0.4, 0.5) is 5.95 Å². The number of phenols is 1. The van der Waals surface area contributed by atoms with E-state index in [0.717, 1.165) is 17.0 Å². The lowest BCUT2D eigenvalue weighted by atomic mass is 9.78. The minimum absolute atomic E-state index is 0.0294. The maximum Gasteiger partial charge on any atom is 0.226 e. The largest absolute Gasteiger partial charge is 0.502 e. The maximum absolute atomic E-state index is 13.5. The van der Waals surface area contributed by atoms with Crippen molar-refractivity contribution in [3.63, 3.8) is 0 Å². The molecule has 2 N–H and O–H groups in total. The first-order valence-electron chi connectivity index (χ1n) is 10.6. The number of benzene rings is 2. The second kappa shape index (κ2) is 8.16. The highest BCUT2D eigenvalue weighted by Gasteiger charge is 2.39. The number of methoxy groups -OCH3 is 3. The van der Waals surface area contributed by atoms with Crippen molar-refractivity contribution in [1.29, 1.82) is 0 Å². The number of ether oxygens (including phenoxy) is 3. The molecule has 170 valence electrons. The van der Waals surface area contributed by atoms with E-state index in [1.165, 1.54) is 20.5 Å². The SMILES string of the molecule is COc1ccc([C@H]2CC(=O)C3=C(C2)Nc2ncnn2[C@@H]3c2cc(OC)c(O)c(OC)c2)cc1. The summed E-state index contributed by atoms with van der Waals surface area (Å²) in [5, 5.41) is 18.0. The smallest absolute Gasteiger partial charge is 0.226 e. The fraction of sp³-hybridized carbons (Fsp3) is 0.292. The monoisotopic (exact) mass is 448 g/mol. The lowest BCUT2D eigenvalue weighted by Gasteiger charge is -2.35. The van der Waals surface area contributed by atoms with Crippen LogP contribution in [0, 0.1) is 0 Å². The fourth-order valence-electron chi connectivity index (χ4n) is 4.64. The molecule has 0 saturated carbocycles. The number of carbonyl (C=O) groups excluding carboxylic acids is 1. The molecule has 0 saturated heterocycles. The zero-order valence-electron chi connectivity index (χ0n) is 18.5. The summed E-state index contributed by atoms with van der Waals surface area (Å²) >= 11 is 0. The Bertz CT molecular complexity index is 1220. The van der Waals surface area contributed by atoms with Gasteiger partial charge in [0.05, 0.1) is 21.3 Å². The number of carbonyl (C=O) groups is 1. The third-order valence-electron chi connectivity index (χ3n) is 6.27. The number of hydrogen-bond donors (Lipinski definition) is 2. The summed E-state index contributed by atoms with van der Waals surface area (Å²) in [6.45, 7) is 0.